The molecule has 0 aliphatic carbocycles. The summed E-state index contributed by atoms with van der Waals surface area (Å²) in [7, 11) is 3.90. The number of fused-ring (bicyclic) bond motifs is 1. The van der Waals surface area contributed by atoms with Crippen molar-refractivity contribution >= 4 is 23.6 Å². The molecule has 9 nitrogen and oxygen atoms in total. The van der Waals surface area contributed by atoms with Crippen molar-refractivity contribution in [1.29, 1.82) is 0 Å². The van der Waals surface area contributed by atoms with E-state index >= 15 is 0 Å². The molecule has 0 aromatic heterocycles. The molecule has 4 amide bonds. The third-order valence-electron chi connectivity index (χ3n) is 7.91. The first-order valence-corrected chi connectivity index (χ1v) is 12.9. The van der Waals surface area contributed by atoms with Crippen LogP contribution in [0.2, 0.25) is 0 Å². The van der Waals surface area contributed by atoms with Crippen LogP contribution in [-0.2, 0) is 29.2 Å². The number of rotatable bonds is 6. The SMILES string of the molecule is CN1CCN(Cc2cccc(C(=O)NCc3ccc4c(c3)C[N+](C)(C3CCC(=O)NC3=O)C4=O)c2)CC1. The minimum absolute atomic E-state index is 0.0651. The van der Waals surface area contributed by atoms with Gasteiger partial charge in [-0.15, -0.1) is 0 Å². The number of piperidine rings is 1. The Morgan fingerprint density at radius 1 is 1.05 bits per heavy atom. The summed E-state index contributed by atoms with van der Waals surface area (Å²) in [6.45, 7) is 5.71. The van der Waals surface area contributed by atoms with Gasteiger partial charge in [-0.05, 0) is 42.4 Å². The van der Waals surface area contributed by atoms with Crippen LogP contribution in [0.4, 0.5) is 0 Å². The highest BCUT2D eigenvalue weighted by atomic mass is 16.2. The molecule has 2 aromatic carbocycles. The molecule has 3 heterocycles. The highest BCUT2D eigenvalue weighted by Gasteiger charge is 2.51. The Kier molecular flexibility index (Phi) is 6.94. The highest BCUT2D eigenvalue weighted by Crippen LogP contribution is 2.34. The summed E-state index contributed by atoms with van der Waals surface area (Å²) in [6.07, 6.45) is 0.597. The van der Waals surface area contributed by atoms with Crippen molar-refractivity contribution in [3.63, 3.8) is 0 Å². The van der Waals surface area contributed by atoms with E-state index in [1.54, 1.807) is 13.1 Å². The van der Waals surface area contributed by atoms with Gasteiger partial charge < -0.3 is 10.2 Å². The van der Waals surface area contributed by atoms with E-state index < -0.39 is 6.04 Å². The van der Waals surface area contributed by atoms with E-state index in [0.717, 1.165) is 49.4 Å². The van der Waals surface area contributed by atoms with Crippen molar-refractivity contribution < 1.29 is 23.7 Å². The van der Waals surface area contributed by atoms with Gasteiger partial charge in [0.1, 0.15) is 6.54 Å². The van der Waals surface area contributed by atoms with Gasteiger partial charge in [-0.2, -0.15) is 0 Å². The lowest BCUT2D eigenvalue weighted by atomic mass is 10.0. The number of hydrogen-bond donors (Lipinski definition) is 2. The van der Waals surface area contributed by atoms with Gasteiger partial charge in [-0.25, -0.2) is 9.28 Å². The lowest BCUT2D eigenvalue weighted by molar-refractivity contribution is -0.855. The van der Waals surface area contributed by atoms with Gasteiger partial charge in [0.25, 0.3) is 11.8 Å². The number of piperazine rings is 1. The van der Waals surface area contributed by atoms with E-state index in [-0.39, 0.29) is 34.5 Å². The Bertz CT molecular complexity index is 1250. The third kappa shape index (κ3) is 5.20. The van der Waals surface area contributed by atoms with Gasteiger partial charge in [-0.1, -0.05) is 18.2 Å². The van der Waals surface area contributed by atoms with E-state index in [1.807, 2.05) is 30.3 Å². The van der Waals surface area contributed by atoms with Crippen LogP contribution in [0.25, 0.3) is 0 Å². The number of carbonyl (C=O) groups is 4. The zero-order chi connectivity index (χ0) is 26.2. The number of nitrogens with one attached hydrogen (secondary N) is 2. The van der Waals surface area contributed by atoms with Crippen molar-refractivity contribution in [1.82, 2.24) is 20.4 Å². The van der Waals surface area contributed by atoms with E-state index in [2.05, 4.69) is 33.5 Å². The average molecular weight is 505 g/mol. The number of imide groups is 1. The predicted octanol–water partition coefficient (Wildman–Crippen LogP) is 1.27. The number of quaternary nitrogens is 1. The van der Waals surface area contributed by atoms with Crippen LogP contribution in [-0.4, -0.2) is 84.2 Å². The normalized spacial score (nSPS) is 24.6. The number of nitrogens with zero attached hydrogens (tertiary/aromatic N) is 3. The zero-order valence-corrected chi connectivity index (χ0v) is 21.5. The first-order valence-electron chi connectivity index (χ1n) is 12.9. The Balaban J connectivity index is 1.21. The second-order valence-electron chi connectivity index (χ2n) is 10.7. The standard InChI is InChI=1S/C28H33N5O4/c1-31-10-12-32(13-11-31)17-20-4-3-5-21(15-20)26(35)29-16-19-6-7-23-22(14-19)18-33(2,28(23)37)24-8-9-25(34)30-27(24)36/h3-7,14-15,24H,8-13,16-18H2,1-2H3,(H-,29,30,34,35,36)/p+1. The van der Waals surface area contributed by atoms with Crippen molar-refractivity contribution in [3.8, 4) is 0 Å². The molecule has 194 valence electrons. The first kappa shape index (κ1) is 25.3. The summed E-state index contributed by atoms with van der Waals surface area (Å²) in [5.74, 6) is -0.930. The summed E-state index contributed by atoms with van der Waals surface area (Å²) in [4.78, 5) is 54.9. The van der Waals surface area contributed by atoms with Gasteiger partial charge in [0.15, 0.2) is 6.04 Å². The van der Waals surface area contributed by atoms with Crippen LogP contribution in [0.15, 0.2) is 42.5 Å². The van der Waals surface area contributed by atoms with Crippen molar-refractivity contribution in [2.75, 3.05) is 40.3 Å². The van der Waals surface area contributed by atoms with Gasteiger partial charge in [0.05, 0.1) is 12.6 Å². The van der Waals surface area contributed by atoms with Crippen LogP contribution in [0.3, 0.4) is 0 Å². The van der Waals surface area contributed by atoms with E-state index in [0.29, 0.717) is 30.6 Å². The number of carbonyl (C=O) groups excluding carboxylic acids is 4. The molecule has 2 atom stereocenters. The van der Waals surface area contributed by atoms with Gasteiger partial charge >= 0.3 is 5.91 Å². The fourth-order valence-corrected chi connectivity index (χ4v) is 5.63. The zero-order valence-electron chi connectivity index (χ0n) is 21.5. The topological polar surface area (TPSA) is 98.8 Å². The van der Waals surface area contributed by atoms with Crippen LogP contribution < -0.4 is 10.6 Å². The fourth-order valence-electron chi connectivity index (χ4n) is 5.63. The molecular weight excluding hydrogens is 470 g/mol. The van der Waals surface area contributed by atoms with Crippen LogP contribution in [0, 0.1) is 0 Å². The van der Waals surface area contributed by atoms with E-state index in [9.17, 15) is 19.2 Å². The summed E-state index contributed by atoms with van der Waals surface area (Å²) >= 11 is 0. The molecule has 3 aliphatic heterocycles. The summed E-state index contributed by atoms with van der Waals surface area (Å²) < 4.78 is -0.0651. The highest BCUT2D eigenvalue weighted by molar-refractivity contribution is 6.02. The van der Waals surface area contributed by atoms with Gasteiger partial charge in [0, 0.05) is 63.2 Å². The molecular formula is C28H34N5O4+. The quantitative estimate of drug-likeness (QED) is 0.454. The minimum atomic E-state index is -0.584. The van der Waals surface area contributed by atoms with E-state index in [1.165, 1.54) is 0 Å². The Morgan fingerprint density at radius 3 is 2.59 bits per heavy atom. The summed E-state index contributed by atoms with van der Waals surface area (Å²) in [5.41, 5.74) is 4.10. The number of benzene rings is 2. The largest absolute Gasteiger partial charge is 0.348 e. The molecule has 0 bridgehead atoms. The maximum absolute atomic E-state index is 13.2. The predicted molar refractivity (Wildman–Crippen MR) is 137 cm³/mol. The number of likely N-dealkylation sites (N-methyl/N-ethyl adjacent to an activating group) is 2. The third-order valence-corrected chi connectivity index (χ3v) is 7.91. The number of hydrogen-bond acceptors (Lipinski definition) is 6. The van der Waals surface area contributed by atoms with Crippen LogP contribution in [0.1, 0.15) is 50.2 Å². The van der Waals surface area contributed by atoms with Crippen molar-refractivity contribution in [2.45, 2.75) is 38.5 Å². The Hall–Kier alpha value is -3.40. The molecule has 2 aromatic rings. The lowest BCUT2D eigenvalue weighted by Crippen LogP contribution is -2.61. The summed E-state index contributed by atoms with van der Waals surface area (Å²) in [5, 5.41) is 5.37. The molecule has 9 heteroatoms. The van der Waals surface area contributed by atoms with Crippen molar-refractivity contribution in [2.24, 2.45) is 0 Å². The molecule has 5 rings (SSSR count). The first-order chi connectivity index (χ1) is 17.7. The maximum atomic E-state index is 13.2. The number of amides is 4. The molecule has 0 saturated carbocycles. The monoisotopic (exact) mass is 504 g/mol. The van der Waals surface area contributed by atoms with Crippen molar-refractivity contribution in [3.05, 3.63) is 70.3 Å². The smallest absolute Gasteiger partial charge is 0.347 e. The Labute approximate surface area is 217 Å². The maximum Gasteiger partial charge on any atom is 0.347 e. The van der Waals surface area contributed by atoms with Crippen LogP contribution in [0.5, 0.6) is 0 Å². The van der Waals surface area contributed by atoms with Gasteiger partial charge in [-0.3, -0.25) is 24.6 Å². The second kappa shape index (κ2) is 10.2. The molecule has 0 radical (unpaired) electrons. The molecule has 3 aliphatic rings. The molecule has 2 N–H and O–H groups in total. The van der Waals surface area contributed by atoms with Crippen LogP contribution >= 0.6 is 0 Å². The lowest BCUT2D eigenvalue weighted by Gasteiger charge is -2.35. The molecule has 2 fully saturated rings. The Morgan fingerprint density at radius 2 is 1.84 bits per heavy atom. The van der Waals surface area contributed by atoms with Gasteiger partial charge in [0.2, 0.25) is 5.91 Å². The molecule has 2 unspecified atom stereocenters. The molecule has 2 saturated heterocycles. The molecule has 37 heavy (non-hydrogen) atoms. The van der Waals surface area contributed by atoms with E-state index in [4.69, 9.17) is 0 Å². The fraction of sp³-hybridized carbons (Fsp3) is 0.429. The molecule has 0 spiro atoms. The second-order valence-corrected chi connectivity index (χ2v) is 10.7. The minimum Gasteiger partial charge on any atom is -0.348 e. The summed E-state index contributed by atoms with van der Waals surface area (Å²) in [6, 6.07) is 12.8. The average Bonchev–Trinajstić information content (AvgIpc) is 3.13.